The highest BCUT2D eigenvalue weighted by molar-refractivity contribution is 5.76. The van der Waals surface area contributed by atoms with Crippen molar-refractivity contribution in [3.05, 3.63) is 35.7 Å². The van der Waals surface area contributed by atoms with Crippen LogP contribution in [-0.2, 0) is 120 Å². The summed E-state index contributed by atoms with van der Waals surface area (Å²) in [5, 5.41) is 18.8. The first-order valence-electron chi connectivity index (χ1n) is 31.1. The first-order chi connectivity index (χ1) is 44.2. The molecule has 0 fully saturated rings. The predicted octanol–water partition coefficient (Wildman–Crippen LogP) is 0.589. The number of aryl methyl sites for hydroxylation is 1. The summed E-state index contributed by atoms with van der Waals surface area (Å²) in [5.41, 5.74) is 7.11. The van der Waals surface area contributed by atoms with Gasteiger partial charge in [0.2, 0.25) is 11.7 Å². The van der Waals surface area contributed by atoms with Crippen LogP contribution in [0.3, 0.4) is 0 Å². The number of nitrogens with two attached hydrogens (primary N) is 1. The molecule has 0 saturated heterocycles. The highest BCUT2D eigenvalue weighted by atomic mass is 16.6. The Morgan fingerprint density at radius 3 is 0.685 bits per heavy atom. The van der Waals surface area contributed by atoms with E-state index in [1.165, 1.54) is 0 Å². The fourth-order valence-corrected chi connectivity index (χ4v) is 6.64. The van der Waals surface area contributed by atoms with Crippen molar-refractivity contribution in [3.8, 4) is 11.4 Å². The van der Waals surface area contributed by atoms with Crippen molar-refractivity contribution in [1.29, 1.82) is 0 Å². The Balaban J connectivity index is 1.11. The smallest absolute Gasteiger partial charge is 0.222 e. The van der Waals surface area contributed by atoms with Crippen molar-refractivity contribution in [1.82, 2.24) is 25.7 Å². The third-order valence-electron chi connectivity index (χ3n) is 11.2. The number of carbonyl (C=O) groups excluding carboxylic acids is 1. The van der Waals surface area contributed by atoms with E-state index >= 15 is 0 Å². The molecule has 30 heteroatoms. The molecule has 1 aromatic heterocycles. The molecule has 1 aromatic carbocycles. The first kappa shape index (κ1) is 81.8. The molecule has 2 aromatic rings. The molecular weight excluding hydrogens is 1180 g/mol. The molecule has 0 spiro atoms. The van der Waals surface area contributed by atoms with Gasteiger partial charge in [-0.2, -0.15) is 0 Å². The zero-order valence-electron chi connectivity index (χ0n) is 53.1. The SMILES string of the molecule is Cc1nnc(-c2ccc(CNC(=O)CCOCCOCCOCCOCCOCCOCCOCCOCCOCCOCCOCCOCCOCCOCCOCCOCCOCCOCCOCCOCCOCCOCCOCCN)cc2)nn1. The number of carbonyl (C=O) groups is 1. The Morgan fingerprint density at radius 2 is 0.483 bits per heavy atom. The van der Waals surface area contributed by atoms with Crippen LogP contribution in [-0.4, -0.2) is 337 Å². The van der Waals surface area contributed by atoms with E-state index in [1.807, 2.05) is 24.3 Å². The van der Waals surface area contributed by atoms with Gasteiger partial charge < -0.3 is 120 Å². The Kier molecular flexibility index (Phi) is 63.4. The van der Waals surface area contributed by atoms with Gasteiger partial charge in [-0.15, -0.1) is 20.4 Å². The van der Waals surface area contributed by atoms with Gasteiger partial charge in [0, 0.05) is 25.1 Å². The lowest BCUT2D eigenvalue weighted by Gasteiger charge is -2.09. The van der Waals surface area contributed by atoms with Crippen molar-refractivity contribution in [3.63, 3.8) is 0 Å². The highest BCUT2D eigenvalue weighted by Crippen LogP contribution is 2.14. The summed E-state index contributed by atoms with van der Waals surface area (Å²) >= 11 is 0. The van der Waals surface area contributed by atoms with Crippen LogP contribution in [0.2, 0.25) is 0 Å². The van der Waals surface area contributed by atoms with Crippen LogP contribution in [0.5, 0.6) is 0 Å². The lowest BCUT2D eigenvalue weighted by Crippen LogP contribution is -2.24. The van der Waals surface area contributed by atoms with E-state index in [-0.39, 0.29) is 12.3 Å². The van der Waals surface area contributed by atoms with Crippen LogP contribution in [0.25, 0.3) is 11.4 Å². The van der Waals surface area contributed by atoms with Crippen molar-refractivity contribution >= 4 is 5.91 Å². The normalized spacial score (nSPS) is 11.6. The van der Waals surface area contributed by atoms with Gasteiger partial charge in [-0.25, -0.2) is 0 Å². The van der Waals surface area contributed by atoms with E-state index < -0.39 is 0 Å². The molecular formula is C59H108N6O24. The average molecular weight is 1290 g/mol. The average Bonchev–Trinajstić information content (AvgIpc) is 3.75. The van der Waals surface area contributed by atoms with Crippen LogP contribution in [0, 0.1) is 6.92 Å². The van der Waals surface area contributed by atoms with Crippen LogP contribution in [0.4, 0.5) is 0 Å². The van der Waals surface area contributed by atoms with E-state index in [2.05, 4.69) is 25.7 Å². The van der Waals surface area contributed by atoms with Crippen LogP contribution in [0.15, 0.2) is 24.3 Å². The topological polar surface area (TPSA) is 319 Å². The second kappa shape index (κ2) is 69.0. The van der Waals surface area contributed by atoms with E-state index in [1.54, 1.807) is 6.92 Å². The number of amides is 1. The highest BCUT2D eigenvalue weighted by Gasteiger charge is 2.06. The van der Waals surface area contributed by atoms with E-state index in [9.17, 15) is 4.79 Å². The maximum absolute atomic E-state index is 12.2. The summed E-state index contributed by atoms with van der Waals surface area (Å²) in [7, 11) is 0. The second-order valence-electron chi connectivity index (χ2n) is 18.4. The fourth-order valence-electron chi connectivity index (χ4n) is 6.64. The number of hydrogen-bond donors (Lipinski definition) is 2. The van der Waals surface area contributed by atoms with Gasteiger partial charge in [0.05, 0.1) is 304 Å². The molecule has 0 bridgehead atoms. The van der Waals surface area contributed by atoms with Gasteiger partial charge in [-0.1, -0.05) is 24.3 Å². The van der Waals surface area contributed by atoms with E-state index in [4.69, 9.17) is 115 Å². The summed E-state index contributed by atoms with van der Waals surface area (Å²) in [6, 6.07) is 7.55. The van der Waals surface area contributed by atoms with Gasteiger partial charge in [0.1, 0.15) is 0 Å². The number of aromatic nitrogens is 4. The Labute approximate surface area is 527 Å². The summed E-state index contributed by atoms with van der Waals surface area (Å²) in [5.74, 6) is 0.872. The largest absolute Gasteiger partial charge is 0.379 e. The van der Waals surface area contributed by atoms with Gasteiger partial charge in [-0.3, -0.25) is 4.79 Å². The summed E-state index contributed by atoms with van der Waals surface area (Å²) < 4.78 is 126. The zero-order chi connectivity index (χ0) is 63.2. The molecule has 0 aliphatic carbocycles. The molecule has 2 rings (SSSR count). The van der Waals surface area contributed by atoms with Crippen LogP contribution in [0.1, 0.15) is 17.8 Å². The number of hydrogen-bond acceptors (Lipinski definition) is 29. The summed E-state index contributed by atoms with van der Waals surface area (Å²) in [6.07, 6.45) is 0.261. The van der Waals surface area contributed by atoms with E-state index in [0.29, 0.717) is 329 Å². The molecule has 0 unspecified atom stereocenters. The van der Waals surface area contributed by atoms with Crippen LogP contribution < -0.4 is 11.1 Å². The number of rotatable bonds is 74. The third kappa shape index (κ3) is 60.7. The molecule has 0 radical (unpaired) electrons. The second-order valence-corrected chi connectivity index (χ2v) is 18.4. The molecule has 0 saturated carbocycles. The third-order valence-corrected chi connectivity index (χ3v) is 11.2. The Bertz CT molecular complexity index is 1730. The van der Waals surface area contributed by atoms with Gasteiger partial charge >= 0.3 is 0 Å². The lowest BCUT2D eigenvalue weighted by atomic mass is 10.1. The molecule has 0 aliphatic rings. The minimum atomic E-state index is -0.0930. The molecule has 0 aliphatic heterocycles. The Hall–Kier alpha value is -3.33. The standard InChI is InChI=1S/C59H108N6O24/c1-55-62-64-59(65-63-55)57-4-2-56(3-5-57)54-61-58(66)6-8-67-10-12-69-14-16-71-18-20-73-22-24-75-26-28-77-30-32-79-34-36-81-38-40-83-42-44-85-46-48-87-50-52-89-53-51-88-49-47-86-45-43-84-41-39-82-37-35-80-33-31-78-29-27-76-25-23-74-21-19-72-17-15-70-13-11-68-9-7-60/h2-5H,6-54,60H2,1H3,(H,61,66). The lowest BCUT2D eigenvalue weighted by molar-refractivity contribution is -0.122. The van der Waals surface area contributed by atoms with Crippen molar-refractivity contribution in [2.75, 3.05) is 310 Å². The number of nitrogens with zero attached hydrogens (tertiary/aromatic N) is 4. The molecule has 1 amide bonds. The van der Waals surface area contributed by atoms with E-state index in [0.717, 1.165) is 11.1 Å². The fraction of sp³-hybridized carbons (Fsp3) is 0.847. The molecule has 3 N–H and O–H groups in total. The number of nitrogens with one attached hydrogen (secondary N) is 1. The molecule has 89 heavy (non-hydrogen) atoms. The van der Waals surface area contributed by atoms with Crippen molar-refractivity contribution in [2.24, 2.45) is 5.73 Å². The van der Waals surface area contributed by atoms with Gasteiger partial charge in [-0.05, 0) is 12.5 Å². The molecule has 30 nitrogen and oxygen atoms in total. The van der Waals surface area contributed by atoms with Crippen LogP contribution >= 0.6 is 0 Å². The summed E-state index contributed by atoms with van der Waals surface area (Å²) in [6.45, 7) is 24.7. The Morgan fingerprint density at radius 1 is 0.292 bits per heavy atom. The minimum Gasteiger partial charge on any atom is -0.379 e. The molecule has 518 valence electrons. The summed E-state index contributed by atoms with van der Waals surface area (Å²) in [4.78, 5) is 12.2. The molecule has 1 heterocycles. The monoisotopic (exact) mass is 1280 g/mol. The maximum atomic E-state index is 12.2. The maximum Gasteiger partial charge on any atom is 0.222 e. The van der Waals surface area contributed by atoms with Gasteiger partial charge in [0.15, 0.2) is 5.82 Å². The minimum absolute atomic E-state index is 0.0930. The molecule has 0 atom stereocenters. The van der Waals surface area contributed by atoms with Crippen molar-refractivity contribution in [2.45, 2.75) is 19.9 Å². The zero-order valence-corrected chi connectivity index (χ0v) is 53.1. The number of ether oxygens (including phenoxy) is 23. The quantitative estimate of drug-likeness (QED) is 0.0856. The van der Waals surface area contributed by atoms with Gasteiger partial charge in [0.25, 0.3) is 0 Å². The van der Waals surface area contributed by atoms with Crippen molar-refractivity contribution < 1.29 is 114 Å². The predicted molar refractivity (Wildman–Crippen MR) is 322 cm³/mol. The first-order valence-corrected chi connectivity index (χ1v) is 31.1. The number of benzene rings is 1.